The summed E-state index contributed by atoms with van der Waals surface area (Å²) in [5.41, 5.74) is 2.38. The van der Waals surface area contributed by atoms with Crippen molar-refractivity contribution in [3.63, 3.8) is 0 Å². The van der Waals surface area contributed by atoms with Gasteiger partial charge in [0.25, 0.3) is 5.91 Å². The van der Waals surface area contributed by atoms with Gasteiger partial charge < -0.3 is 14.8 Å². The summed E-state index contributed by atoms with van der Waals surface area (Å²) in [7, 11) is 0. The van der Waals surface area contributed by atoms with E-state index in [1.165, 1.54) is 22.6 Å². The van der Waals surface area contributed by atoms with Crippen molar-refractivity contribution in [2.75, 3.05) is 16.8 Å². The van der Waals surface area contributed by atoms with Crippen LogP contribution < -0.4 is 15.0 Å². The van der Waals surface area contributed by atoms with Gasteiger partial charge in [0.15, 0.2) is 6.61 Å². The number of hydrogen-bond acceptors (Lipinski definition) is 6. The van der Waals surface area contributed by atoms with Gasteiger partial charge in [0.2, 0.25) is 11.8 Å². The number of nitrogens with one attached hydrogen (secondary N) is 1. The molecule has 1 saturated carbocycles. The molecule has 1 N–H and O–H groups in total. The minimum Gasteiger partial charge on any atom is -0.457 e. The van der Waals surface area contributed by atoms with Crippen molar-refractivity contribution in [1.29, 1.82) is 0 Å². The van der Waals surface area contributed by atoms with Gasteiger partial charge in [0, 0.05) is 5.69 Å². The first-order valence-electron chi connectivity index (χ1n) is 12.8. The second-order valence-electron chi connectivity index (χ2n) is 10.1. The summed E-state index contributed by atoms with van der Waals surface area (Å²) in [6.07, 6.45) is 3.00. The topological polar surface area (TPSA) is 102 Å². The van der Waals surface area contributed by atoms with E-state index in [1.54, 1.807) is 36.4 Å². The van der Waals surface area contributed by atoms with Crippen molar-refractivity contribution in [2.45, 2.75) is 13.3 Å². The van der Waals surface area contributed by atoms with Crippen molar-refractivity contribution in [3.8, 4) is 11.5 Å². The molecule has 8 heteroatoms. The predicted molar refractivity (Wildman–Crippen MR) is 143 cm³/mol. The third kappa shape index (κ3) is 4.58. The maximum absolute atomic E-state index is 13.1. The quantitative estimate of drug-likeness (QED) is 0.267. The van der Waals surface area contributed by atoms with Crippen molar-refractivity contribution >= 4 is 35.1 Å². The summed E-state index contributed by atoms with van der Waals surface area (Å²) in [5, 5.41) is 2.67. The molecule has 8 nitrogen and oxygen atoms in total. The first-order valence-corrected chi connectivity index (χ1v) is 12.8. The Morgan fingerprint density at radius 3 is 2.26 bits per heavy atom. The molecule has 6 rings (SSSR count). The molecule has 1 heterocycles. The summed E-state index contributed by atoms with van der Waals surface area (Å²) in [6.45, 7) is 1.56. The summed E-state index contributed by atoms with van der Waals surface area (Å²) in [5.74, 6) is -0.505. The van der Waals surface area contributed by atoms with Crippen molar-refractivity contribution < 1.29 is 28.7 Å². The monoisotopic (exact) mass is 522 g/mol. The van der Waals surface area contributed by atoms with Gasteiger partial charge in [-0.2, -0.15) is 0 Å². The Hall–Kier alpha value is -4.72. The molecule has 3 amide bonds. The first kappa shape index (κ1) is 24.6. The van der Waals surface area contributed by atoms with Gasteiger partial charge in [-0.3, -0.25) is 19.3 Å². The zero-order chi connectivity index (χ0) is 27.1. The molecule has 0 spiro atoms. The number of carbonyl (C=O) groups is 4. The molecule has 196 valence electrons. The van der Waals surface area contributed by atoms with Gasteiger partial charge >= 0.3 is 5.97 Å². The van der Waals surface area contributed by atoms with E-state index >= 15 is 0 Å². The normalized spacial score (nSPS) is 22.9. The average molecular weight is 523 g/mol. The van der Waals surface area contributed by atoms with Crippen LogP contribution in [0.1, 0.15) is 23.7 Å². The molecular weight excluding hydrogens is 496 g/mol. The highest BCUT2D eigenvalue weighted by Crippen LogP contribution is 2.55. The van der Waals surface area contributed by atoms with Crippen LogP contribution in [0.5, 0.6) is 11.5 Å². The fourth-order valence-corrected chi connectivity index (χ4v) is 5.92. The lowest BCUT2D eigenvalue weighted by molar-refractivity contribution is -0.123. The Labute approximate surface area is 225 Å². The van der Waals surface area contributed by atoms with Crippen molar-refractivity contribution in [3.05, 3.63) is 96.1 Å². The van der Waals surface area contributed by atoms with Crippen LogP contribution in [0.4, 0.5) is 11.4 Å². The zero-order valence-electron chi connectivity index (χ0n) is 21.2. The summed E-state index contributed by atoms with van der Waals surface area (Å²) in [6, 6.07) is 22.3. The van der Waals surface area contributed by atoms with Crippen LogP contribution >= 0.6 is 0 Å². The maximum Gasteiger partial charge on any atom is 0.338 e. The molecule has 3 aromatic carbocycles. The number of nitrogens with zero attached hydrogens (tertiary/aromatic N) is 1. The molecule has 3 aliphatic rings. The Morgan fingerprint density at radius 1 is 0.872 bits per heavy atom. The smallest absolute Gasteiger partial charge is 0.338 e. The van der Waals surface area contributed by atoms with E-state index in [1.807, 2.05) is 37.3 Å². The summed E-state index contributed by atoms with van der Waals surface area (Å²) >= 11 is 0. The molecule has 1 saturated heterocycles. The first-order chi connectivity index (χ1) is 18.9. The highest BCUT2D eigenvalue weighted by Gasteiger charge is 2.60. The van der Waals surface area contributed by atoms with E-state index in [2.05, 4.69) is 11.4 Å². The Kier molecular flexibility index (Phi) is 6.23. The number of anilines is 2. The van der Waals surface area contributed by atoms with Crippen LogP contribution in [0.15, 0.2) is 90.5 Å². The highest BCUT2D eigenvalue weighted by atomic mass is 16.5. The van der Waals surface area contributed by atoms with Gasteiger partial charge in [-0.25, -0.2) is 4.79 Å². The number of rotatable bonds is 7. The van der Waals surface area contributed by atoms with Gasteiger partial charge in [-0.1, -0.05) is 29.8 Å². The molecular formula is C31H26N2O6. The summed E-state index contributed by atoms with van der Waals surface area (Å²) in [4.78, 5) is 52.2. The molecule has 2 aliphatic carbocycles. The van der Waals surface area contributed by atoms with Crippen LogP contribution in [0.2, 0.25) is 0 Å². The second kappa shape index (κ2) is 9.87. The minimum absolute atomic E-state index is 0.127. The van der Waals surface area contributed by atoms with Gasteiger partial charge in [-0.15, -0.1) is 0 Å². The van der Waals surface area contributed by atoms with E-state index < -0.39 is 18.5 Å². The summed E-state index contributed by atoms with van der Waals surface area (Å²) < 4.78 is 10.9. The average Bonchev–Trinajstić information content (AvgIpc) is 3.59. The maximum atomic E-state index is 13.1. The lowest BCUT2D eigenvalue weighted by Crippen LogP contribution is -2.33. The lowest BCUT2D eigenvalue weighted by atomic mass is 9.82. The van der Waals surface area contributed by atoms with E-state index in [9.17, 15) is 19.2 Å². The molecule has 2 bridgehead atoms. The van der Waals surface area contributed by atoms with Crippen LogP contribution in [-0.4, -0.2) is 30.3 Å². The van der Waals surface area contributed by atoms with Crippen LogP contribution in [0, 0.1) is 23.7 Å². The number of allylic oxidation sites excluding steroid dienone is 2. The molecule has 4 atom stereocenters. The van der Waals surface area contributed by atoms with Crippen LogP contribution in [0.25, 0.3) is 0 Å². The van der Waals surface area contributed by atoms with E-state index in [0.29, 0.717) is 22.9 Å². The minimum atomic E-state index is -0.683. The number of benzene rings is 3. The third-order valence-corrected chi connectivity index (χ3v) is 7.69. The third-order valence-electron chi connectivity index (χ3n) is 7.69. The van der Waals surface area contributed by atoms with E-state index in [-0.39, 0.29) is 41.0 Å². The van der Waals surface area contributed by atoms with Crippen LogP contribution in [0.3, 0.4) is 0 Å². The second-order valence-corrected chi connectivity index (χ2v) is 10.1. The number of fused-ring (bicyclic) bond motifs is 5. The highest BCUT2D eigenvalue weighted by molar-refractivity contribution is 6.23. The zero-order valence-corrected chi connectivity index (χ0v) is 21.2. The van der Waals surface area contributed by atoms with Gasteiger partial charge in [-0.05, 0) is 85.8 Å². The number of ether oxygens (including phenoxy) is 2. The molecule has 1 aliphatic heterocycles. The SMILES string of the molecule is CC1=C[C@H]2C[C@H]1[C@@H]1C(=O)N(c3ccc(C(=O)OCC(=O)Nc4ccc(Oc5ccccc5)cc4)cc3)C(=O)[C@@H]12. The fraction of sp³-hybridized carbons (Fsp3) is 0.226. The molecule has 0 unspecified atom stereocenters. The number of para-hydroxylation sites is 1. The number of amides is 3. The fourth-order valence-electron chi connectivity index (χ4n) is 5.92. The van der Waals surface area contributed by atoms with Gasteiger partial charge in [0.1, 0.15) is 11.5 Å². The van der Waals surface area contributed by atoms with Crippen molar-refractivity contribution in [2.24, 2.45) is 23.7 Å². The molecule has 0 radical (unpaired) electrons. The number of esters is 1. The van der Waals surface area contributed by atoms with Gasteiger partial charge in [0.05, 0.1) is 23.1 Å². The number of imide groups is 1. The van der Waals surface area contributed by atoms with E-state index in [0.717, 1.165) is 6.42 Å². The number of carbonyl (C=O) groups excluding carboxylic acids is 4. The standard InChI is InChI=1S/C31H26N2O6/c1-18-15-20-16-25(18)28-27(20)29(35)33(30(28)36)22-11-7-19(8-12-22)31(37)38-17-26(34)32-21-9-13-24(14-10-21)39-23-5-3-2-4-6-23/h2-15,20,25,27-28H,16-17H2,1H3,(H,32,34)/t20-,25+,27+,28-/m0/s1. The largest absolute Gasteiger partial charge is 0.457 e. The van der Waals surface area contributed by atoms with Crippen molar-refractivity contribution in [1.82, 2.24) is 0 Å². The molecule has 0 aromatic heterocycles. The lowest BCUT2D eigenvalue weighted by Gasteiger charge is -2.19. The Balaban J connectivity index is 1.02. The predicted octanol–water partition coefficient (Wildman–Crippen LogP) is 4.98. The molecule has 39 heavy (non-hydrogen) atoms. The van der Waals surface area contributed by atoms with Crippen LogP contribution in [-0.2, 0) is 19.1 Å². The Bertz CT molecular complexity index is 1480. The Morgan fingerprint density at radius 2 is 1.54 bits per heavy atom. The molecule has 3 aromatic rings. The number of hydrogen-bond donors (Lipinski definition) is 1. The molecule has 2 fully saturated rings. The van der Waals surface area contributed by atoms with E-state index in [4.69, 9.17) is 9.47 Å².